The minimum Gasteiger partial charge on any atom is -0.437 e. The molecule has 0 saturated carbocycles. The molecule has 0 spiro atoms. The third kappa shape index (κ3) is 6.53. The molecule has 0 aliphatic rings. The predicted octanol–water partition coefficient (Wildman–Crippen LogP) is 10.7. The largest absolute Gasteiger partial charge is 0.437 e. The van der Waals surface area contributed by atoms with Crippen LogP contribution in [-0.4, -0.2) is 4.57 Å². The first-order valence-electron chi connectivity index (χ1n) is 17.6. The number of nitrogens with zero attached hydrogens (tertiary/aromatic N) is 1. The molecule has 0 fully saturated rings. The summed E-state index contributed by atoms with van der Waals surface area (Å²) >= 11 is 0. The Hall–Kier alpha value is -5.60. The van der Waals surface area contributed by atoms with E-state index in [9.17, 15) is 9.13 Å². The van der Waals surface area contributed by atoms with Crippen LogP contribution in [0.4, 0.5) is 0 Å². The van der Waals surface area contributed by atoms with Gasteiger partial charge in [-0.25, -0.2) is 0 Å². The summed E-state index contributed by atoms with van der Waals surface area (Å²) in [6, 6.07) is 57.8. The van der Waals surface area contributed by atoms with E-state index in [1.54, 1.807) is 0 Å². The van der Waals surface area contributed by atoms with Crippen LogP contribution in [-0.2, 0) is 14.5 Å². The zero-order valence-electron chi connectivity index (χ0n) is 29.8. The molecule has 0 aliphatic heterocycles. The first-order valence-corrected chi connectivity index (χ1v) is 20.9. The van der Waals surface area contributed by atoms with E-state index in [0.29, 0.717) is 32.7 Å². The van der Waals surface area contributed by atoms with Gasteiger partial charge in [-0.2, -0.15) is 0 Å². The summed E-state index contributed by atoms with van der Waals surface area (Å²) in [4.78, 5) is 0. The number of benzene rings is 7. The average molecular weight is 732 g/mol. The normalized spacial score (nSPS) is 12.2. The summed E-state index contributed by atoms with van der Waals surface area (Å²) < 4.78 is 45.3. The van der Waals surface area contributed by atoms with Crippen LogP contribution in [0.1, 0.15) is 26.3 Å². The van der Waals surface area contributed by atoms with Crippen LogP contribution in [0.25, 0.3) is 27.5 Å². The van der Waals surface area contributed by atoms with Crippen molar-refractivity contribution in [1.29, 1.82) is 0 Å². The summed E-state index contributed by atoms with van der Waals surface area (Å²) in [6.45, 7) is 6.62. The molecule has 0 atom stereocenters. The van der Waals surface area contributed by atoms with E-state index in [4.69, 9.17) is 9.05 Å². The Morgan fingerprint density at radius 2 is 0.774 bits per heavy atom. The lowest BCUT2D eigenvalue weighted by Gasteiger charge is -2.21. The lowest BCUT2D eigenvalue weighted by Crippen LogP contribution is -2.20. The van der Waals surface area contributed by atoms with Crippen LogP contribution >= 0.6 is 14.7 Å². The summed E-state index contributed by atoms with van der Waals surface area (Å²) in [5.41, 5.74) is 4.13. The fourth-order valence-electron chi connectivity index (χ4n) is 6.79. The molecule has 0 N–H and O–H groups in total. The number of fused-ring (bicyclic) bond motifs is 3. The van der Waals surface area contributed by atoms with E-state index in [1.165, 1.54) is 5.56 Å². The van der Waals surface area contributed by atoms with Crippen molar-refractivity contribution in [3.8, 4) is 17.2 Å². The van der Waals surface area contributed by atoms with Crippen molar-refractivity contribution in [2.45, 2.75) is 26.2 Å². The Morgan fingerprint density at radius 1 is 0.434 bits per heavy atom. The average Bonchev–Trinajstić information content (AvgIpc) is 3.51. The second-order valence-electron chi connectivity index (χ2n) is 14.1. The van der Waals surface area contributed by atoms with Gasteiger partial charge in [0.25, 0.3) is 0 Å². The Balaban J connectivity index is 1.30. The third-order valence-electron chi connectivity index (χ3n) is 9.55. The highest BCUT2D eigenvalue weighted by molar-refractivity contribution is 7.75. The molecule has 1 heterocycles. The maximum absolute atomic E-state index is 14.9. The summed E-state index contributed by atoms with van der Waals surface area (Å²) in [7, 11) is -7.06. The minimum atomic E-state index is -3.53. The van der Waals surface area contributed by atoms with E-state index in [2.05, 4.69) is 49.6 Å². The van der Waals surface area contributed by atoms with Gasteiger partial charge in [0.2, 0.25) is 0 Å². The topological polar surface area (TPSA) is 57.5 Å². The molecular weight excluding hydrogens is 692 g/mol. The van der Waals surface area contributed by atoms with Gasteiger partial charge < -0.3 is 13.6 Å². The molecule has 1 aromatic heterocycles. The molecule has 262 valence electrons. The first kappa shape index (κ1) is 34.5. The Morgan fingerprint density at radius 3 is 1.09 bits per heavy atom. The van der Waals surface area contributed by atoms with Gasteiger partial charge in [0.05, 0.1) is 32.3 Å². The lowest BCUT2D eigenvalue weighted by atomic mass is 9.87. The van der Waals surface area contributed by atoms with Crippen molar-refractivity contribution in [2.75, 3.05) is 0 Å². The SMILES string of the molecule is CC(C)(C)c1ccc(-n2c3ccc(OP(=O)(c4ccccc4)c4ccccc4)cc3c3cc(OP(=O)(c4ccccc4)c4ccccc4)ccc32)cc1. The second-order valence-corrected chi connectivity index (χ2v) is 18.8. The van der Waals surface area contributed by atoms with E-state index >= 15 is 0 Å². The molecule has 0 aliphatic carbocycles. The van der Waals surface area contributed by atoms with Gasteiger partial charge in [-0.1, -0.05) is 106 Å². The smallest absolute Gasteiger partial charge is 0.306 e. The fourth-order valence-corrected chi connectivity index (χ4v) is 10.9. The van der Waals surface area contributed by atoms with Crippen molar-refractivity contribution < 1.29 is 18.2 Å². The van der Waals surface area contributed by atoms with E-state index in [-0.39, 0.29) is 5.41 Å². The number of hydrogen-bond donors (Lipinski definition) is 0. The molecule has 0 bridgehead atoms. The molecule has 8 rings (SSSR count). The van der Waals surface area contributed by atoms with Crippen LogP contribution in [0, 0.1) is 0 Å². The number of aromatic nitrogens is 1. The summed E-state index contributed by atoms with van der Waals surface area (Å²) in [5, 5.41) is 4.21. The van der Waals surface area contributed by atoms with E-state index in [0.717, 1.165) is 27.5 Å². The molecule has 53 heavy (non-hydrogen) atoms. The van der Waals surface area contributed by atoms with Gasteiger partial charge in [-0.05, 0) is 108 Å². The van der Waals surface area contributed by atoms with Crippen molar-refractivity contribution in [3.63, 3.8) is 0 Å². The van der Waals surface area contributed by atoms with Crippen molar-refractivity contribution >= 4 is 57.8 Å². The van der Waals surface area contributed by atoms with Gasteiger partial charge in [0.15, 0.2) is 0 Å². The zero-order chi connectivity index (χ0) is 36.6. The third-order valence-corrected chi connectivity index (χ3v) is 14.4. The fraction of sp³-hybridized carbons (Fsp3) is 0.0870. The second kappa shape index (κ2) is 13.7. The molecule has 0 amide bonds. The van der Waals surface area contributed by atoms with Crippen LogP contribution in [0.5, 0.6) is 11.5 Å². The number of hydrogen-bond acceptors (Lipinski definition) is 4. The minimum absolute atomic E-state index is 0.00866. The van der Waals surface area contributed by atoms with Crippen LogP contribution in [0.15, 0.2) is 182 Å². The summed E-state index contributed by atoms with van der Waals surface area (Å²) in [6.07, 6.45) is 0. The van der Waals surface area contributed by atoms with Crippen molar-refractivity contribution in [1.82, 2.24) is 4.57 Å². The quantitative estimate of drug-likeness (QED) is 0.139. The van der Waals surface area contributed by atoms with Crippen molar-refractivity contribution in [2.24, 2.45) is 0 Å². The van der Waals surface area contributed by atoms with E-state index < -0.39 is 14.7 Å². The standard InChI is InChI=1S/C46H39NO4P2/c1-46(2,3)34-24-26-35(27-25-34)47-44-30-28-36(50-52(48,38-16-8-4-9-17-38)39-18-10-5-11-19-39)32-42(44)43-33-37(29-31-45(43)47)51-53(49,40-20-12-6-13-21-40)41-22-14-7-15-23-41/h4-33H,1-3H3. The van der Waals surface area contributed by atoms with Crippen LogP contribution < -0.4 is 30.3 Å². The molecule has 0 unspecified atom stereocenters. The van der Waals surface area contributed by atoms with Crippen molar-refractivity contribution in [3.05, 3.63) is 188 Å². The molecule has 8 aromatic rings. The van der Waals surface area contributed by atoms with Gasteiger partial charge in [0, 0.05) is 16.5 Å². The molecule has 7 heteroatoms. The predicted molar refractivity (Wildman–Crippen MR) is 220 cm³/mol. The van der Waals surface area contributed by atoms with Gasteiger partial charge >= 0.3 is 14.7 Å². The summed E-state index contributed by atoms with van der Waals surface area (Å²) in [5.74, 6) is 0.947. The highest BCUT2D eigenvalue weighted by Crippen LogP contribution is 2.48. The van der Waals surface area contributed by atoms with Gasteiger partial charge in [-0.3, -0.25) is 9.13 Å². The Kier molecular flexibility index (Phi) is 8.95. The maximum Gasteiger partial charge on any atom is 0.306 e. The highest BCUT2D eigenvalue weighted by Gasteiger charge is 2.32. The molecule has 0 saturated heterocycles. The van der Waals surface area contributed by atoms with Gasteiger partial charge in [0.1, 0.15) is 11.5 Å². The zero-order valence-corrected chi connectivity index (χ0v) is 31.6. The molecule has 5 nitrogen and oxygen atoms in total. The monoisotopic (exact) mass is 731 g/mol. The Bertz CT molecular complexity index is 2390. The van der Waals surface area contributed by atoms with Gasteiger partial charge in [-0.15, -0.1) is 0 Å². The molecule has 0 radical (unpaired) electrons. The number of rotatable bonds is 9. The van der Waals surface area contributed by atoms with Crippen LogP contribution in [0.2, 0.25) is 0 Å². The highest BCUT2D eigenvalue weighted by atomic mass is 31.2. The molecular formula is C46H39NO4P2. The Labute approximate surface area is 310 Å². The first-order chi connectivity index (χ1) is 25.6. The maximum atomic E-state index is 14.9. The van der Waals surface area contributed by atoms with Crippen LogP contribution in [0.3, 0.4) is 0 Å². The van der Waals surface area contributed by atoms with E-state index in [1.807, 2.05) is 158 Å². The lowest BCUT2D eigenvalue weighted by molar-refractivity contribution is 0.502. The molecule has 7 aromatic carbocycles.